The number of benzene rings is 1. The Morgan fingerprint density at radius 1 is 1.27 bits per heavy atom. The SMILES string of the molecule is O=C(O)c1ccc(CNC(=O)N2CCCC2CC(O)c2ccco2)cc1. The van der Waals surface area contributed by atoms with Crippen molar-refractivity contribution in [2.24, 2.45) is 0 Å². The Morgan fingerprint density at radius 2 is 2.04 bits per heavy atom. The molecule has 138 valence electrons. The number of nitrogens with zero attached hydrogens (tertiary/aromatic N) is 1. The van der Waals surface area contributed by atoms with Gasteiger partial charge in [0.25, 0.3) is 0 Å². The van der Waals surface area contributed by atoms with E-state index in [0.717, 1.165) is 18.4 Å². The number of hydrogen-bond acceptors (Lipinski definition) is 4. The Morgan fingerprint density at radius 3 is 2.69 bits per heavy atom. The summed E-state index contributed by atoms with van der Waals surface area (Å²) < 4.78 is 5.22. The number of hydrogen-bond donors (Lipinski definition) is 3. The van der Waals surface area contributed by atoms with Crippen LogP contribution in [0.25, 0.3) is 0 Å². The van der Waals surface area contributed by atoms with Crippen LogP contribution < -0.4 is 5.32 Å². The maximum Gasteiger partial charge on any atom is 0.335 e. The van der Waals surface area contributed by atoms with Gasteiger partial charge in [0.15, 0.2) is 0 Å². The molecule has 3 rings (SSSR count). The maximum absolute atomic E-state index is 12.5. The van der Waals surface area contributed by atoms with E-state index in [9.17, 15) is 14.7 Å². The van der Waals surface area contributed by atoms with Gasteiger partial charge in [-0.1, -0.05) is 12.1 Å². The first-order valence-corrected chi connectivity index (χ1v) is 8.63. The lowest BCUT2D eigenvalue weighted by atomic mass is 10.1. The van der Waals surface area contributed by atoms with E-state index < -0.39 is 12.1 Å². The monoisotopic (exact) mass is 358 g/mol. The molecular formula is C19H22N2O5. The fourth-order valence-corrected chi connectivity index (χ4v) is 3.25. The van der Waals surface area contributed by atoms with Crippen molar-refractivity contribution < 1.29 is 24.2 Å². The van der Waals surface area contributed by atoms with Crippen LogP contribution in [-0.4, -0.2) is 39.7 Å². The molecular weight excluding hydrogens is 336 g/mol. The molecule has 1 aliphatic heterocycles. The number of likely N-dealkylation sites (tertiary alicyclic amines) is 1. The molecule has 1 aromatic carbocycles. The number of aliphatic hydroxyl groups excluding tert-OH is 1. The van der Waals surface area contributed by atoms with Gasteiger partial charge in [-0.2, -0.15) is 0 Å². The summed E-state index contributed by atoms with van der Waals surface area (Å²) in [6, 6.07) is 9.64. The highest BCUT2D eigenvalue weighted by Gasteiger charge is 2.31. The first-order valence-electron chi connectivity index (χ1n) is 8.63. The van der Waals surface area contributed by atoms with Crippen molar-refractivity contribution >= 4 is 12.0 Å². The molecule has 0 spiro atoms. The third-order valence-corrected chi connectivity index (χ3v) is 4.65. The second-order valence-electron chi connectivity index (χ2n) is 6.42. The van der Waals surface area contributed by atoms with Gasteiger partial charge >= 0.3 is 12.0 Å². The molecule has 1 saturated heterocycles. The van der Waals surface area contributed by atoms with Crippen LogP contribution in [0.3, 0.4) is 0 Å². The van der Waals surface area contributed by atoms with Crippen molar-refractivity contribution in [3.63, 3.8) is 0 Å². The van der Waals surface area contributed by atoms with E-state index in [1.807, 2.05) is 0 Å². The lowest BCUT2D eigenvalue weighted by Crippen LogP contribution is -2.43. The Kier molecular flexibility index (Phi) is 5.58. The Bertz CT molecular complexity index is 742. The number of carboxylic acids is 1. The van der Waals surface area contributed by atoms with Gasteiger partial charge < -0.3 is 24.8 Å². The molecule has 1 fully saturated rings. The summed E-state index contributed by atoms with van der Waals surface area (Å²) in [5.41, 5.74) is 1.04. The number of rotatable bonds is 6. The molecule has 2 amide bonds. The van der Waals surface area contributed by atoms with Crippen LogP contribution >= 0.6 is 0 Å². The smallest absolute Gasteiger partial charge is 0.335 e. The lowest BCUT2D eigenvalue weighted by Gasteiger charge is -2.26. The molecule has 3 N–H and O–H groups in total. The van der Waals surface area contributed by atoms with E-state index in [1.165, 1.54) is 18.4 Å². The predicted octanol–water partition coefficient (Wildman–Crippen LogP) is 2.78. The van der Waals surface area contributed by atoms with E-state index in [0.29, 0.717) is 25.3 Å². The average molecular weight is 358 g/mol. The van der Waals surface area contributed by atoms with Crippen LogP contribution in [0.4, 0.5) is 4.79 Å². The number of aliphatic hydroxyl groups is 1. The largest absolute Gasteiger partial charge is 0.478 e. The fraction of sp³-hybridized carbons (Fsp3) is 0.368. The molecule has 0 radical (unpaired) electrons. The summed E-state index contributed by atoms with van der Waals surface area (Å²) in [5.74, 6) is -0.466. The zero-order valence-corrected chi connectivity index (χ0v) is 14.3. The minimum absolute atomic E-state index is 0.0375. The summed E-state index contributed by atoms with van der Waals surface area (Å²) >= 11 is 0. The average Bonchev–Trinajstić information content (AvgIpc) is 3.31. The maximum atomic E-state index is 12.5. The number of carboxylic acid groups (broad SMARTS) is 1. The second-order valence-corrected chi connectivity index (χ2v) is 6.42. The summed E-state index contributed by atoms with van der Waals surface area (Å²) in [6.45, 7) is 0.974. The minimum atomic E-state index is -0.976. The Labute approximate surface area is 151 Å². The molecule has 26 heavy (non-hydrogen) atoms. The number of furan rings is 1. The third kappa shape index (κ3) is 4.23. The molecule has 2 aromatic rings. The highest BCUT2D eigenvalue weighted by molar-refractivity contribution is 5.87. The van der Waals surface area contributed by atoms with Crippen molar-refractivity contribution in [3.05, 3.63) is 59.5 Å². The van der Waals surface area contributed by atoms with E-state index in [2.05, 4.69) is 5.32 Å². The lowest BCUT2D eigenvalue weighted by molar-refractivity contribution is 0.0696. The van der Waals surface area contributed by atoms with Gasteiger partial charge in [-0.3, -0.25) is 0 Å². The van der Waals surface area contributed by atoms with Crippen LogP contribution in [0.5, 0.6) is 0 Å². The molecule has 2 unspecified atom stereocenters. The molecule has 0 saturated carbocycles. The summed E-state index contributed by atoms with van der Waals surface area (Å²) in [6.07, 6.45) is 2.98. The Balaban J connectivity index is 1.53. The molecule has 0 bridgehead atoms. The molecule has 7 heteroatoms. The topological polar surface area (TPSA) is 103 Å². The number of urea groups is 1. The van der Waals surface area contributed by atoms with E-state index in [-0.39, 0.29) is 17.6 Å². The number of amides is 2. The fourth-order valence-electron chi connectivity index (χ4n) is 3.25. The normalized spacial score (nSPS) is 17.9. The standard InChI is InChI=1S/C19H22N2O5/c22-16(17-4-2-10-26-17)11-15-3-1-9-21(15)19(25)20-12-13-5-7-14(8-6-13)18(23)24/h2,4-8,10,15-16,22H,1,3,9,11-12H2,(H,20,25)(H,23,24). The molecule has 0 aliphatic carbocycles. The second kappa shape index (κ2) is 8.05. The van der Waals surface area contributed by atoms with Gasteiger partial charge in [0.2, 0.25) is 0 Å². The molecule has 2 heterocycles. The summed E-state index contributed by atoms with van der Waals surface area (Å²) in [4.78, 5) is 25.1. The summed E-state index contributed by atoms with van der Waals surface area (Å²) in [7, 11) is 0. The van der Waals surface area contributed by atoms with Crippen molar-refractivity contribution in [3.8, 4) is 0 Å². The number of aromatic carboxylic acids is 1. The first-order chi connectivity index (χ1) is 12.5. The number of carbonyl (C=O) groups is 2. The van der Waals surface area contributed by atoms with E-state index in [4.69, 9.17) is 9.52 Å². The molecule has 7 nitrogen and oxygen atoms in total. The zero-order valence-electron chi connectivity index (χ0n) is 14.3. The van der Waals surface area contributed by atoms with Crippen molar-refractivity contribution in [1.82, 2.24) is 10.2 Å². The highest BCUT2D eigenvalue weighted by Crippen LogP contribution is 2.27. The molecule has 2 atom stereocenters. The minimum Gasteiger partial charge on any atom is -0.478 e. The van der Waals surface area contributed by atoms with E-state index in [1.54, 1.807) is 29.2 Å². The van der Waals surface area contributed by atoms with Crippen molar-refractivity contribution in [2.75, 3.05) is 6.54 Å². The van der Waals surface area contributed by atoms with Crippen molar-refractivity contribution in [1.29, 1.82) is 0 Å². The van der Waals surface area contributed by atoms with Crippen LogP contribution in [-0.2, 0) is 6.54 Å². The van der Waals surface area contributed by atoms with Crippen LogP contribution in [0.1, 0.15) is 47.0 Å². The number of nitrogens with one attached hydrogen (secondary N) is 1. The zero-order chi connectivity index (χ0) is 18.5. The van der Waals surface area contributed by atoms with Gasteiger partial charge in [-0.25, -0.2) is 9.59 Å². The van der Waals surface area contributed by atoms with E-state index >= 15 is 0 Å². The van der Waals surface area contributed by atoms with Gasteiger partial charge in [0.1, 0.15) is 11.9 Å². The molecule has 1 aliphatic rings. The number of carbonyl (C=O) groups excluding carboxylic acids is 1. The van der Waals surface area contributed by atoms with Crippen molar-refractivity contribution in [2.45, 2.75) is 38.0 Å². The Hall–Kier alpha value is -2.80. The van der Waals surface area contributed by atoms with Gasteiger partial charge in [-0.15, -0.1) is 0 Å². The van der Waals surface area contributed by atoms with Crippen LogP contribution in [0, 0.1) is 0 Å². The quantitative estimate of drug-likeness (QED) is 0.737. The first kappa shape index (κ1) is 18.0. The molecule has 1 aromatic heterocycles. The summed E-state index contributed by atoms with van der Waals surface area (Å²) in [5, 5.41) is 22.0. The predicted molar refractivity (Wildman–Crippen MR) is 93.6 cm³/mol. The highest BCUT2D eigenvalue weighted by atomic mass is 16.4. The van der Waals surface area contributed by atoms with Gasteiger partial charge in [-0.05, 0) is 42.7 Å². The van der Waals surface area contributed by atoms with Gasteiger partial charge in [0, 0.05) is 25.6 Å². The van der Waals surface area contributed by atoms with Crippen LogP contribution in [0.15, 0.2) is 47.1 Å². The van der Waals surface area contributed by atoms with Gasteiger partial charge in [0.05, 0.1) is 11.8 Å². The third-order valence-electron chi connectivity index (χ3n) is 4.65. The van der Waals surface area contributed by atoms with Crippen LogP contribution in [0.2, 0.25) is 0 Å².